The van der Waals surface area contributed by atoms with Gasteiger partial charge in [-0.05, 0) is 58.7 Å². The van der Waals surface area contributed by atoms with E-state index in [0.717, 1.165) is 15.0 Å². The second kappa shape index (κ2) is 8.21. The Morgan fingerprint density at radius 2 is 1.80 bits per heavy atom. The molecule has 0 aliphatic rings. The van der Waals surface area contributed by atoms with Crippen molar-refractivity contribution >= 4 is 54.8 Å². The molecule has 0 spiro atoms. The van der Waals surface area contributed by atoms with E-state index in [1.54, 1.807) is 49.4 Å². The predicted molar refractivity (Wildman–Crippen MR) is 106 cm³/mol. The molecule has 0 fully saturated rings. The second-order valence-corrected chi connectivity index (χ2v) is 8.58. The first-order valence-electron chi connectivity index (χ1n) is 7.54. The second-order valence-electron chi connectivity index (χ2n) is 5.43. The van der Waals surface area contributed by atoms with Gasteiger partial charge in [-0.3, -0.25) is 9.10 Å². The summed E-state index contributed by atoms with van der Waals surface area (Å²) in [5, 5.41) is 3.27. The molecule has 0 aliphatic carbocycles. The van der Waals surface area contributed by atoms with E-state index < -0.39 is 22.0 Å². The van der Waals surface area contributed by atoms with Crippen molar-refractivity contribution in [3.05, 3.63) is 58.0 Å². The summed E-state index contributed by atoms with van der Waals surface area (Å²) in [6.45, 7) is 1.76. The smallest absolute Gasteiger partial charge is 0.248 e. The fourth-order valence-electron chi connectivity index (χ4n) is 2.43. The Bertz CT molecular complexity index is 856. The Balaban J connectivity index is 2.38. The molecule has 0 aliphatic heterocycles. The van der Waals surface area contributed by atoms with Crippen LogP contribution in [0, 0.1) is 0 Å². The van der Waals surface area contributed by atoms with Gasteiger partial charge in [-0.15, -0.1) is 0 Å². The molecule has 0 bridgehead atoms. The van der Waals surface area contributed by atoms with Crippen LogP contribution in [0.25, 0.3) is 0 Å². The first kappa shape index (κ1) is 19.8. The molecule has 0 aromatic heterocycles. The summed E-state index contributed by atoms with van der Waals surface area (Å²) in [4.78, 5) is 12.8. The standard InChI is InChI=1S/C17H18BrClN2O3S/c1-3-16(17(22)20-15-7-5-4-6-14(15)18)21(25(2,23)24)13-10-8-12(19)9-11-13/h4-11,16H,3H2,1-2H3,(H,20,22)/t16-/m1/s1. The zero-order valence-electron chi connectivity index (χ0n) is 13.7. The van der Waals surface area contributed by atoms with Crippen LogP contribution < -0.4 is 9.62 Å². The van der Waals surface area contributed by atoms with Crippen molar-refractivity contribution in [1.82, 2.24) is 0 Å². The predicted octanol–water partition coefficient (Wildman–Crippen LogP) is 4.29. The summed E-state index contributed by atoms with van der Waals surface area (Å²) in [7, 11) is -3.67. The highest BCUT2D eigenvalue weighted by Crippen LogP contribution is 2.26. The lowest BCUT2D eigenvalue weighted by molar-refractivity contribution is -0.117. The van der Waals surface area contributed by atoms with Gasteiger partial charge in [-0.1, -0.05) is 30.7 Å². The molecule has 25 heavy (non-hydrogen) atoms. The van der Waals surface area contributed by atoms with E-state index in [1.807, 2.05) is 6.07 Å². The third-order valence-electron chi connectivity index (χ3n) is 3.54. The molecule has 2 rings (SSSR count). The third-order valence-corrected chi connectivity index (χ3v) is 5.67. The Kier molecular flexibility index (Phi) is 6.48. The van der Waals surface area contributed by atoms with Crippen molar-refractivity contribution in [2.24, 2.45) is 0 Å². The Labute approximate surface area is 161 Å². The van der Waals surface area contributed by atoms with Crippen LogP contribution in [0.1, 0.15) is 13.3 Å². The minimum Gasteiger partial charge on any atom is -0.323 e. The van der Waals surface area contributed by atoms with E-state index in [2.05, 4.69) is 21.2 Å². The number of benzene rings is 2. The molecular weight excluding hydrogens is 428 g/mol. The number of hydrogen-bond donors (Lipinski definition) is 1. The van der Waals surface area contributed by atoms with Gasteiger partial charge in [0.25, 0.3) is 0 Å². The number of amides is 1. The summed E-state index contributed by atoms with van der Waals surface area (Å²) in [5.41, 5.74) is 0.969. The van der Waals surface area contributed by atoms with E-state index in [1.165, 1.54) is 0 Å². The molecule has 0 heterocycles. The number of nitrogens with one attached hydrogen (secondary N) is 1. The number of rotatable bonds is 6. The van der Waals surface area contributed by atoms with E-state index in [9.17, 15) is 13.2 Å². The number of para-hydroxylation sites is 1. The van der Waals surface area contributed by atoms with E-state index in [4.69, 9.17) is 11.6 Å². The summed E-state index contributed by atoms with van der Waals surface area (Å²) in [5.74, 6) is -0.408. The molecule has 5 nitrogen and oxygen atoms in total. The topological polar surface area (TPSA) is 66.5 Å². The molecule has 2 aromatic rings. The maximum absolute atomic E-state index is 12.8. The molecular formula is C17H18BrClN2O3S. The van der Waals surface area contributed by atoms with E-state index >= 15 is 0 Å². The summed E-state index contributed by atoms with van der Waals surface area (Å²) >= 11 is 9.24. The number of hydrogen-bond acceptors (Lipinski definition) is 3. The summed E-state index contributed by atoms with van der Waals surface area (Å²) in [6.07, 6.45) is 1.39. The van der Waals surface area contributed by atoms with Crippen LogP contribution in [0.3, 0.4) is 0 Å². The Morgan fingerprint density at radius 3 is 2.32 bits per heavy atom. The maximum atomic E-state index is 12.8. The first-order chi connectivity index (χ1) is 11.7. The number of sulfonamides is 1. The Morgan fingerprint density at radius 1 is 1.20 bits per heavy atom. The van der Waals surface area contributed by atoms with Crippen molar-refractivity contribution in [2.75, 3.05) is 15.9 Å². The summed E-state index contributed by atoms with van der Waals surface area (Å²) in [6, 6.07) is 12.6. The molecule has 1 N–H and O–H groups in total. The van der Waals surface area contributed by atoms with Gasteiger partial charge in [0.1, 0.15) is 6.04 Å². The SMILES string of the molecule is CC[C@H](C(=O)Nc1ccccc1Br)N(c1ccc(Cl)cc1)S(C)(=O)=O. The average Bonchev–Trinajstić information content (AvgIpc) is 2.54. The number of nitrogens with zero attached hydrogens (tertiary/aromatic N) is 1. The van der Waals surface area contributed by atoms with Crippen molar-refractivity contribution in [3.8, 4) is 0 Å². The fourth-order valence-corrected chi connectivity index (χ4v) is 4.15. The maximum Gasteiger partial charge on any atom is 0.248 e. The molecule has 1 atom stereocenters. The van der Waals surface area contributed by atoms with Crippen LogP contribution in [0.5, 0.6) is 0 Å². The average molecular weight is 446 g/mol. The van der Waals surface area contributed by atoms with Crippen molar-refractivity contribution in [3.63, 3.8) is 0 Å². The van der Waals surface area contributed by atoms with Gasteiger partial charge >= 0.3 is 0 Å². The van der Waals surface area contributed by atoms with Gasteiger partial charge in [-0.2, -0.15) is 0 Å². The highest BCUT2D eigenvalue weighted by molar-refractivity contribution is 9.10. The van der Waals surface area contributed by atoms with Crippen LogP contribution in [0.15, 0.2) is 53.0 Å². The lowest BCUT2D eigenvalue weighted by atomic mass is 10.2. The van der Waals surface area contributed by atoms with E-state index in [0.29, 0.717) is 22.8 Å². The molecule has 0 saturated carbocycles. The molecule has 2 aromatic carbocycles. The van der Waals surface area contributed by atoms with Crippen molar-refractivity contribution in [2.45, 2.75) is 19.4 Å². The van der Waals surface area contributed by atoms with Crippen LogP contribution in [-0.2, 0) is 14.8 Å². The molecule has 134 valence electrons. The third kappa shape index (κ3) is 4.96. The van der Waals surface area contributed by atoms with Gasteiger partial charge in [0, 0.05) is 9.50 Å². The molecule has 0 unspecified atom stereocenters. The van der Waals surface area contributed by atoms with Gasteiger partial charge in [-0.25, -0.2) is 8.42 Å². The molecule has 8 heteroatoms. The minimum absolute atomic E-state index is 0.311. The highest BCUT2D eigenvalue weighted by atomic mass is 79.9. The lowest BCUT2D eigenvalue weighted by Crippen LogP contribution is -2.47. The Hall–Kier alpha value is -1.57. The fraction of sp³-hybridized carbons (Fsp3) is 0.235. The van der Waals surface area contributed by atoms with Gasteiger partial charge < -0.3 is 5.32 Å². The van der Waals surface area contributed by atoms with Crippen LogP contribution in [0.4, 0.5) is 11.4 Å². The molecule has 0 saturated heterocycles. The van der Waals surface area contributed by atoms with Crippen molar-refractivity contribution < 1.29 is 13.2 Å². The van der Waals surface area contributed by atoms with Gasteiger partial charge in [0.15, 0.2) is 0 Å². The van der Waals surface area contributed by atoms with E-state index in [-0.39, 0.29) is 0 Å². The highest BCUT2D eigenvalue weighted by Gasteiger charge is 2.31. The number of carbonyl (C=O) groups is 1. The minimum atomic E-state index is -3.67. The quantitative estimate of drug-likeness (QED) is 0.721. The van der Waals surface area contributed by atoms with Gasteiger partial charge in [0.2, 0.25) is 15.9 Å². The van der Waals surface area contributed by atoms with Crippen LogP contribution in [0.2, 0.25) is 5.02 Å². The lowest BCUT2D eigenvalue weighted by Gasteiger charge is -2.30. The van der Waals surface area contributed by atoms with Gasteiger partial charge in [0.05, 0.1) is 17.6 Å². The first-order valence-corrected chi connectivity index (χ1v) is 10.6. The summed E-state index contributed by atoms with van der Waals surface area (Å²) < 4.78 is 26.5. The number of halogens is 2. The molecule has 1 amide bonds. The van der Waals surface area contributed by atoms with Crippen LogP contribution in [-0.4, -0.2) is 26.6 Å². The zero-order chi connectivity index (χ0) is 18.6. The van der Waals surface area contributed by atoms with Crippen molar-refractivity contribution in [1.29, 1.82) is 0 Å². The number of carbonyl (C=O) groups excluding carboxylic acids is 1. The zero-order valence-corrected chi connectivity index (χ0v) is 16.9. The van der Waals surface area contributed by atoms with Crippen LogP contribution >= 0.6 is 27.5 Å². The number of anilines is 2. The monoisotopic (exact) mass is 444 g/mol. The molecule has 0 radical (unpaired) electrons. The largest absolute Gasteiger partial charge is 0.323 e. The normalized spacial score (nSPS) is 12.5.